The number of hydrogen-bond donors (Lipinski definition) is 2. The van der Waals surface area contributed by atoms with Gasteiger partial charge in [0, 0.05) is 23.4 Å². The summed E-state index contributed by atoms with van der Waals surface area (Å²) in [6, 6.07) is 11.1. The van der Waals surface area contributed by atoms with Crippen LogP contribution in [0.15, 0.2) is 47.6 Å². The van der Waals surface area contributed by atoms with Crippen molar-refractivity contribution in [1.82, 2.24) is 35.8 Å². The molecule has 2 aromatic heterocycles. The van der Waals surface area contributed by atoms with Gasteiger partial charge in [0.15, 0.2) is 5.82 Å². The third-order valence-electron chi connectivity index (χ3n) is 9.10. The number of carbonyl (C=O) groups is 2. The van der Waals surface area contributed by atoms with Gasteiger partial charge in [0.1, 0.15) is 11.4 Å². The Morgan fingerprint density at radius 1 is 1.16 bits per heavy atom. The second kappa shape index (κ2) is 13.5. The van der Waals surface area contributed by atoms with Gasteiger partial charge in [-0.3, -0.25) is 14.6 Å². The molecule has 2 aliphatic rings. The Hall–Kier alpha value is -4.15. The van der Waals surface area contributed by atoms with Gasteiger partial charge in [0.25, 0.3) is 11.8 Å². The van der Waals surface area contributed by atoms with Crippen LogP contribution in [0.4, 0.5) is 0 Å². The van der Waals surface area contributed by atoms with E-state index < -0.39 is 5.66 Å². The van der Waals surface area contributed by atoms with Crippen molar-refractivity contribution in [3.8, 4) is 5.88 Å². The van der Waals surface area contributed by atoms with Crippen LogP contribution in [-0.4, -0.2) is 60.3 Å². The minimum Gasteiger partial charge on any atom is -0.478 e. The Morgan fingerprint density at radius 2 is 1.89 bits per heavy atom. The molecule has 0 saturated heterocycles. The molecular weight excluding hydrogens is 568 g/mol. The molecule has 1 aliphatic heterocycles. The van der Waals surface area contributed by atoms with Crippen LogP contribution in [0.5, 0.6) is 5.88 Å². The standard InChI is InChI=1S/C34H46N8O3/c1-7-45-29-20-26(15-19-35-29)30-32(44)42(34(37-30)17-12-23(13-18-34)22(2)3)27(14-16-33(4,5)6)24-8-10-25(11-9-24)31(43)36-21-28-38-40-41-39-28/h8-11,15,19-20,22-23,27H,7,12-14,16-18,21H2,1-6H3,(H,36,43)(H,38,39,40,41)/t23?,27-,34?/m1/s1. The molecule has 1 aromatic carbocycles. The SMILES string of the molecule is CCOc1cc(C2=NC3(CCC(C(C)C)CC3)N([C@H](CCC(C)(C)C)c3ccc(C(=O)NCc4nn[nH]n4)cc3)C2=O)ccn1. The van der Waals surface area contributed by atoms with E-state index in [1.807, 2.05) is 43.3 Å². The van der Waals surface area contributed by atoms with E-state index >= 15 is 0 Å². The largest absolute Gasteiger partial charge is 0.478 e. The number of rotatable bonds is 11. The van der Waals surface area contributed by atoms with Gasteiger partial charge in [0.2, 0.25) is 5.88 Å². The van der Waals surface area contributed by atoms with Crippen LogP contribution < -0.4 is 10.1 Å². The van der Waals surface area contributed by atoms with Crippen molar-refractivity contribution >= 4 is 17.5 Å². The van der Waals surface area contributed by atoms with E-state index in [1.54, 1.807) is 6.20 Å². The normalized spacial score (nSPS) is 20.9. The predicted octanol–water partition coefficient (Wildman–Crippen LogP) is 5.66. The molecule has 0 bridgehead atoms. The van der Waals surface area contributed by atoms with Gasteiger partial charge < -0.3 is 15.0 Å². The van der Waals surface area contributed by atoms with Gasteiger partial charge in [-0.1, -0.05) is 52.0 Å². The topological polar surface area (TPSA) is 138 Å². The van der Waals surface area contributed by atoms with Crippen LogP contribution >= 0.6 is 0 Å². The highest BCUT2D eigenvalue weighted by Gasteiger charge is 2.52. The first-order valence-electron chi connectivity index (χ1n) is 16.1. The molecule has 0 radical (unpaired) electrons. The molecule has 1 spiro atoms. The number of aromatic nitrogens is 5. The third kappa shape index (κ3) is 7.40. The van der Waals surface area contributed by atoms with Crippen LogP contribution in [0.3, 0.4) is 0 Å². The first-order valence-corrected chi connectivity index (χ1v) is 16.1. The lowest BCUT2D eigenvalue weighted by Gasteiger charge is -2.46. The average molecular weight is 615 g/mol. The van der Waals surface area contributed by atoms with E-state index in [4.69, 9.17) is 9.73 Å². The van der Waals surface area contributed by atoms with Crippen LogP contribution in [0.1, 0.15) is 113 Å². The molecule has 11 nitrogen and oxygen atoms in total. The number of H-pyrrole nitrogens is 1. The summed E-state index contributed by atoms with van der Waals surface area (Å²) in [5, 5.41) is 16.5. The molecule has 1 atom stereocenters. The number of nitrogens with zero attached hydrogens (tertiary/aromatic N) is 6. The van der Waals surface area contributed by atoms with E-state index in [1.165, 1.54) is 0 Å². The summed E-state index contributed by atoms with van der Waals surface area (Å²) < 4.78 is 5.67. The number of ether oxygens (including phenoxy) is 1. The lowest BCUT2D eigenvalue weighted by atomic mass is 9.75. The highest BCUT2D eigenvalue weighted by molar-refractivity contribution is 6.46. The molecule has 5 rings (SSSR count). The van der Waals surface area contributed by atoms with Crippen molar-refractivity contribution in [2.24, 2.45) is 22.2 Å². The maximum absolute atomic E-state index is 14.6. The molecule has 45 heavy (non-hydrogen) atoms. The van der Waals surface area contributed by atoms with Crippen LogP contribution in [0, 0.1) is 17.3 Å². The quantitative estimate of drug-likeness (QED) is 0.284. The predicted molar refractivity (Wildman–Crippen MR) is 172 cm³/mol. The highest BCUT2D eigenvalue weighted by Crippen LogP contribution is 2.48. The van der Waals surface area contributed by atoms with Crippen molar-refractivity contribution in [2.45, 2.75) is 98.3 Å². The van der Waals surface area contributed by atoms with Gasteiger partial charge >= 0.3 is 0 Å². The Balaban J connectivity index is 1.49. The fourth-order valence-electron chi connectivity index (χ4n) is 6.53. The second-order valence-corrected chi connectivity index (χ2v) is 13.8. The Kier molecular flexibility index (Phi) is 9.65. The van der Waals surface area contributed by atoms with Gasteiger partial charge in [-0.25, -0.2) is 4.98 Å². The van der Waals surface area contributed by atoms with Crippen LogP contribution in [0.25, 0.3) is 0 Å². The number of aromatic amines is 1. The van der Waals surface area contributed by atoms with Gasteiger partial charge in [-0.2, -0.15) is 5.21 Å². The minimum atomic E-state index is -0.629. The molecular formula is C34H46N8O3. The van der Waals surface area contributed by atoms with E-state index in [2.05, 4.69) is 70.4 Å². The second-order valence-electron chi connectivity index (χ2n) is 13.8. The summed E-state index contributed by atoms with van der Waals surface area (Å²) in [4.78, 5) is 39.2. The number of carbonyl (C=O) groups excluding carboxylic acids is 2. The maximum Gasteiger partial charge on any atom is 0.275 e. The summed E-state index contributed by atoms with van der Waals surface area (Å²) in [5.74, 6) is 1.79. The van der Waals surface area contributed by atoms with Crippen LogP contribution in [0.2, 0.25) is 0 Å². The summed E-state index contributed by atoms with van der Waals surface area (Å²) in [7, 11) is 0. The van der Waals surface area contributed by atoms with Crippen molar-refractivity contribution in [3.05, 3.63) is 65.1 Å². The molecule has 1 fully saturated rings. The molecule has 3 aromatic rings. The monoisotopic (exact) mass is 614 g/mol. The fourth-order valence-corrected chi connectivity index (χ4v) is 6.53. The zero-order valence-corrected chi connectivity index (χ0v) is 27.3. The fraction of sp³-hybridized carbons (Fsp3) is 0.559. The Morgan fingerprint density at radius 3 is 2.51 bits per heavy atom. The molecule has 2 amide bonds. The number of benzene rings is 1. The number of tetrazole rings is 1. The summed E-state index contributed by atoms with van der Waals surface area (Å²) >= 11 is 0. The maximum atomic E-state index is 14.6. The van der Waals surface area contributed by atoms with Crippen molar-refractivity contribution in [1.29, 1.82) is 0 Å². The first kappa shape index (κ1) is 32.2. The van der Waals surface area contributed by atoms with Gasteiger partial charge in [-0.05, 0) is 86.5 Å². The lowest BCUT2D eigenvalue weighted by molar-refractivity contribution is -0.133. The molecule has 2 N–H and O–H groups in total. The number of pyridine rings is 1. The molecule has 11 heteroatoms. The third-order valence-corrected chi connectivity index (χ3v) is 9.10. The van der Waals surface area contributed by atoms with Gasteiger partial charge in [0.05, 0.1) is 19.2 Å². The number of nitrogens with one attached hydrogen (secondary N) is 2. The minimum absolute atomic E-state index is 0.0625. The molecule has 0 unspecified atom stereocenters. The lowest BCUT2D eigenvalue weighted by Crippen LogP contribution is -2.51. The number of aliphatic imine (C=N–C) groups is 1. The summed E-state index contributed by atoms with van der Waals surface area (Å²) in [6.45, 7) is 13.8. The van der Waals surface area contributed by atoms with Crippen LogP contribution in [-0.2, 0) is 11.3 Å². The summed E-state index contributed by atoms with van der Waals surface area (Å²) in [5.41, 5.74) is 2.16. The van der Waals surface area contributed by atoms with Crippen molar-refractivity contribution < 1.29 is 14.3 Å². The Labute approximate surface area is 265 Å². The Bertz CT molecular complexity index is 1490. The van der Waals surface area contributed by atoms with E-state index in [9.17, 15) is 9.59 Å². The van der Waals surface area contributed by atoms with E-state index in [0.717, 1.165) is 49.7 Å². The number of amides is 2. The highest BCUT2D eigenvalue weighted by atomic mass is 16.5. The smallest absolute Gasteiger partial charge is 0.275 e. The van der Waals surface area contributed by atoms with E-state index in [-0.39, 0.29) is 29.8 Å². The summed E-state index contributed by atoms with van der Waals surface area (Å²) in [6.07, 6.45) is 7.04. The van der Waals surface area contributed by atoms with Crippen molar-refractivity contribution in [2.75, 3.05) is 6.61 Å². The zero-order chi connectivity index (χ0) is 32.2. The molecule has 1 saturated carbocycles. The molecule has 3 heterocycles. The van der Waals surface area contributed by atoms with E-state index in [0.29, 0.717) is 41.4 Å². The number of hydrogen-bond acceptors (Lipinski definition) is 8. The first-order chi connectivity index (χ1) is 21.5. The van der Waals surface area contributed by atoms with Crippen molar-refractivity contribution in [3.63, 3.8) is 0 Å². The van der Waals surface area contributed by atoms with Gasteiger partial charge in [-0.15, -0.1) is 10.2 Å². The zero-order valence-electron chi connectivity index (χ0n) is 27.3. The molecule has 240 valence electrons. The molecule has 1 aliphatic carbocycles. The average Bonchev–Trinajstić information content (AvgIpc) is 3.63.